The van der Waals surface area contributed by atoms with Gasteiger partial charge in [-0.1, -0.05) is 41.1 Å². The molecule has 0 fully saturated rings. The van der Waals surface area contributed by atoms with Crippen molar-refractivity contribution >= 4 is 0 Å². The summed E-state index contributed by atoms with van der Waals surface area (Å²) >= 11 is 0. The predicted octanol–water partition coefficient (Wildman–Crippen LogP) is 5.44. The lowest BCUT2D eigenvalue weighted by atomic mass is 10.1. The Hall–Kier alpha value is -3.67. The van der Waals surface area contributed by atoms with Crippen LogP contribution in [0, 0.1) is 12.7 Å². The van der Waals surface area contributed by atoms with Crippen molar-refractivity contribution in [2.45, 2.75) is 13.5 Å². The van der Waals surface area contributed by atoms with Gasteiger partial charge in [-0.05, 0) is 48.9 Å². The lowest BCUT2D eigenvalue weighted by Gasteiger charge is -2.11. The second kappa shape index (κ2) is 8.14. The normalized spacial score (nSPS) is 10.7. The topological polar surface area (TPSA) is 57.4 Å². The maximum absolute atomic E-state index is 13.4. The van der Waals surface area contributed by atoms with Crippen LogP contribution in [-0.2, 0) is 6.61 Å². The summed E-state index contributed by atoms with van der Waals surface area (Å²) in [6.07, 6.45) is 0. The van der Waals surface area contributed by atoms with Crippen molar-refractivity contribution in [3.05, 3.63) is 83.7 Å². The molecular weight excluding hydrogens is 371 g/mol. The summed E-state index contributed by atoms with van der Waals surface area (Å²) in [7, 11) is 1.58. The summed E-state index contributed by atoms with van der Waals surface area (Å²) in [4.78, 5) is 4.36. The van der Waals surface area contributed by atoms with E-state index in [-0.39, 0.29) is 11.7 Å². The maximum Gasteiger partial charge on any atom is 0.258 e. The molecule has 0 spiro atoms. The molecule has 0 saturated carbocycles. The highest BCUT2D eigenvalue weighted by molar-refractivity contribution is 5.63. The summed E-state index contributed by atoms with van der Waals surface area (Å²) in [6.45, 7) is 2.48. The Bertz CT molecular complexity index is 1140. The highest BCUT2D eigenvalue weighted by Gasteiger charge is 2.14. The minimum atomic E-state index is -0.362. The van der Waals surface area contributed by atoms with E-state index in [9.17, 15) is 4.39 Å². The Kier molecular flexibility index (Phi) is 5.24. The third-order valence-corrected chi connectivity index (χ3v) is 4.40. The second-order valence-electron chi connectivity index (χ2n) is 6.58. The quantitative estimate of drug-likeness (QED) is 0.439. The highest BCUT2D eigenvalue weighted by Crippen LogP contribution is 2.33. The Morgan fingerprint density at radius 2 is 1.79 bits per heavy atom. The molecule has 0 aliphatic carbocycles. The smallest absolute Gasteiger partial charge is 0.258 e. The number of rotatable bonds is 6. The summed E-state index contributed by atoms with van der Waals surface area (Å²) in [5.74, 6) is 1.45. The third-order valence-electron chi connectivity index (χ3n) is 4.40. The van der Waals surface area contributed by atoms with Crippen molar-refractivity contribution in [3.63, 3.8) is 0 Å². The number of benzene rings is 3. The van der Waals surface area contributed by atoms with Crippen LogP contribution in [0.3, 0.4) is 0 Å². The number of methoxy groups -OCH3 is 1. The van der Waals surface area contributed by atoms with Crippen LogP contribution in [0.15, 0.2) is 71.3 Å². The molecule has 0 bridgehead atoms. The minimum absolute atomic E-state index is 0.248. The SMILES string of the molecule is COc1cc(-c2noc(-c3cccc(F)c3)n2)ccc1OCc1cccc(C)c1. The predicted molar refractivity (Wildman–Crippen MR) is 107 cm³/mol. The summed E-state index contributed by atoms with van der Waals surface area (Å²) in [5.41, 5.74) is 3.48. The van der Waals surface area contributed by atoms with Crippen molar-refractivity contribution < 1.29 is 18.4 Å². The highest BCUT2D eigenvalue weighted by atomic mass is 19.1. The zero-order valence-corrected chi connectivity index (χ0v) is 16.1. The molecule has 0 N–H and O–H groups in total. The monoisotopic (exact) mass is 390 g/mol. The van der Waals surface area contributed by atoms with Crippen molar-refractivity contribution in [1.29, 1.82) is 0 Å². The molecule has 3 aromatic carbocycles. The molecule has 0 unspecified atom stereocenters. The van der Waals surface area contributed by atoms with Gasteiger partial charge in [0.2, 0.25) is 5.82 Å². The second-order valence-corrected chi connectivity index (χ2v) is 6.58. The maximum atomic E-state index is 13.4. The minimum Gasteiger partial charge on any atom is -0.493 e. The van der Waals surface area contributed by atoms with Gasteiger partial charge in [0.15, 0.2) is 11.5 Å². The molecule has 0 aliphatic heterocycles. The fraction of sp³-hybridized carbons (Fsp3) is 0.130. The van der Waals surface area contributed by atoms with E-state index in [0.29, 0.717) is 35.1 Å². The molecule has 0 aliphatic rings. The molecule has 1 heterocycles. The van der Waals surface area contributed by atoms with Crippen molar-refractivity contribution in [3.8, 4) is 34.3 Å². The van der Waals surface area contributed by atoms with Crippen molar-refractivity contribution in [1.82, 2.24) is 10.1 Å². The summed E-state index contributed by atoms with van der Waals surface area (Å²) < 4.78 is 30.1. The number of hydrogen-bond acceptors (Lipinski definition) is 5. The van der Waals surface area contributed by atoms with Gasteiger partial charge >= 0.3 is 0 Å². The average molecular weight is 390 g/mol. The first-order valence-corrected chi connectivity index (χ1v) is 9.09. The van der Waals surface area contributed by atoms with E-state index in [4.69, 9.17) is 14.0 Å². The molecular formula is C23H19FN2O3. The van der Waals surface area contributed by atoms with Crippen molar-refractivity contribution in [2.75, 3.05) is 7.11 Å². The van der Waals surface area contributed by atoms with E-state index in [2.05, 4.69) is 16.2 Å². The fourth-order valence-corrected chi connectivity index (χ4v) is 2.97. The molecule has 6 heteroatoms. The van der Waals surface area contributed by atoms with Crippen LogP contribution >= 0.6 is 0 Å². The van der Waals surface area contributed by atoms with Crippen molar-refractivity contribution in [2.24, 2.45) is 0 Å². The number of nitrogens with zero attached hydrogens (tertiary/aromatic N) is 2. The van der Waals surface area contributed by atoms with Gasteiger partial charge in [-0.25, -0.2) is 4.39 Å². The fourth-order valence-electron chi connectivity index (χ4n) is 2.97. The first kappa shape index (κ1) is 18.7. The zero-order chi connectivity index (χ0) is 20.2. The summed E-state index contributed by atoms with van der Waals surface area (Å²) in [5, 5.41) is 4.00. The van der Waals surface area contributed by atoms with Crippen LogP contribution in [0.1, 0.15) is 11.1 Å². The van der Waals surface area contributed by atoms with Gasteiger partial charge < -0.3 is 14.0 Å². The summed E-state index contributed by atoms with van der Waals surface area (Å²) in [6, 6.07) is 19.6. The largest absolute Gasteiger partial charge is 0.493 e. The molecule has 0 atom stereocenters. The molecule has 0 radical (unpaired) electrons. The molecule has 1 aromatic heterocycles. The van der Waals surface area contributed by atoms with Crippen LogP contribution < -0.4 is 9.47 Å². The molecule has 146 valence electrons. The van der Waals surface area contributed by atoms with Gasteiger partial charge in [-0.2, -0.15) is 4.98 Å². The van der Waals surface area contributed by atoms with E-state index in [1.54, 1.807) is 25.3 Å². The van der Waals surface area contributed by atoms with Gasteiger partial charge in [0, 0.05) is 11.1 Å². The molecule has 0 saturated heterocycles. The zero-order valence-electron chi connectivity index (χ0n) is 16.1. The Balaban J connectivity index is 1.55. The Morgan fingerprint density at radius 3 is 2.59 bits per heavy atom. The number of ether oxygens (including phenoxy) is 2. The van der Waals surface area contributed by atoms with Gasteiger partial charge in [0.25, 0.3) is 5.89 Å². The van der Waals surface area contributed by atoms with E-state index in [1.165, 1.54) is 17.7 Å². The molecule has 5 nitrogen and oxygen atoms in total. The molecule has 0 amide bonds. The first-order valence-electron chi connectivity index (χ1n) is 9.09. The molecule has 4 aromatic rings. The number of aromatic nitrogens is 2. The standard InChI is InChI=1S/C23H19FN2O3/c1-15-5-3-6-16(11-15)14-28-20-10-9-17(13-21(20)27-2)22-25-23(29-26-22)18-7-4-8-19(24)12-18/h3-13H,14H2,1-2H3. The van der Waals surface area contributed by atoms with E-state index in [0.717, 1.165) is 5.56 Å². The lowest BCUT2D eigenvalue weighted by Crippen LogP contribution is -1.98. The van der Waals surface area contributed by atoms with Crippen LogP contribution in [0.5, 0.6) is 11.5 Å². The van der Waals surface area contributed by atoms with Gasteiger partial charge in [0.1, 0.15) is 12.4 Å². The average Bonchev–Trinajstić information content (AvgIpc) is 3.22. The van der Waals surface area contributed by atoms with Gasteiger partial charge in [-0.3, -0.25) is 0 Å². The van der Waals surface area contributed by atoms with E-state index < -0.39 is 0 Å². The van der Waals surface area contributed by atoms with Gasteiger partial charge in [-0.15, -0.1) is 0 Å². The molecule has 4 rings (SSSR count). The van der Waals surface area contributed by atoms with Crippen LogP contribution in [0.2, 0.25) is 0 Å². The van der Waals surface area contributed by atoms with E-state index >= 15 is 0 Å². The first-order chi connectivity index (χ1) is 14.1. The number of aryl methyl sites for hydroxylation is 1. The molecule has 29 heavy (non-hydrogen) atoms. The van der Waals surface area contributed by atoms with Gasteiger partial charge in [0.05, 0.1) is 7.11 Å². The Labute approximate surface area is 167 Å². The van der Waals surface area contributed by atoms with E-state index in [1.807, 2.05) is 37.3 Å². The Morgan fingerprint density at radius 1 is 0.931 bits per heavy atom. The number of halogens is 1. The third kappa shape index (κ3) is 4.27. The lowest BCUT2D eigenvalue weighted by molar-refractivity contribution is 0.284. The van der Waals surface area contributed by atoms with Crippen LogP contribution in [-0.4, -0.2) is 17.3 Å². The number of hydrogen-bond donors (Lipinski definition) is 0. The van der Waals surface area contributed by atoms with Crippen LogP contribution in [0.25, 0.3) is 22.8 Å². The van der Waals surface area contributed by atoms with Crippen LogP contribution in [0.4, 0.5) is 4.39 Å².